The van der Waals surface area contributed by atoms with Crippen LogP contribution in [0.5, 0.6) is 0 Å². The summed E-state index contributed by atoms with van der Waals surface area (Å²) in [7, 11) is 0. The molecule has 4 heteroatoms. The lowest BCUT2D eigenvalue weighted by Crippen LogP contribution is -1.94. The van der Waals surface area contributed by atoms with Gasteiger partial charge in [0, 0.05) is 0 Å². The van der Waals surface area contributed by atoms with Crippen molar-refractivity contribution in [1.29, 1.82) is 0 Å². The standard InChI is InChI=1S/C7H5F2NO/c1-10(11)7-4-5(8)2-3-6(7)9/h2-4H,1H2. The van der Waals surface area contributed by atoms with Crippen LogP contribution in [-0.2, 0) is 0 Å². The van der Waals surface area contributed by atoms with Gasteiger partial charge in [0.1, 0.15) is 12.5 Å². The van der Waals surface area contributed by atoms with Gasteiger partial charge >= 0.3 is 0 Å². The topological polar surface area (TPSA) is 26.1 Å². The molecular weight excluding hydrogens is 152 g/mol. The van der Waals surface area contributed by atoms with E-state index in [0.717, 1.165) is 18.2 Å². The Morgan fingerprint density at radius 3 is 2.45 bits per heavy atom. The van der Waals surface area contributed by atoms with Crippen LogP contribution < -0.4 is 0 Å². The third kappa shape index (κ3) is 1.52. The van der Waals surface area contributed by atoms with E-state index in [4.69, 9.17) is 0 Å². The Bertz CT molecular complexity index is 298. The SMILES string of the molecule is C=[N+]([O-])c1cc(F)ccc1F. The Balaban J connectivity index is 3.23. The highest BCUT2D eigenvalue weighted by atomic mass is 19.1. The van der Waals surface area contributed by atoms with Gasteiger partial charge in [0.15, 0.2) is 5.82 Å². The van der Waals surface area contributed by atoms with Crippen molar-refractivity contribution >= 4 is 12.4 Å². The minimum Gasteiger partial charge on any atom is -0.619 e. The Labute approximate surface area is 62.0 Å². The summed E-state index contributed by atoms with van der Waals surface area (Å²) in [5.41, 5.74) is -0.398. The van der Waals surface area contributed by atoms with Gasteiger partial charge in [0.25, 0.3) is 5.69 Å². The van der Waals surface area contributed by atoms with Crippen molar-refractivity contribution in [3.05, 3.63) is 35.0 Å². The summed E-state index contributed by atoms with van der Waals surface area (Å²) in [5, 5.41) is 10.4. The predicted molar refractivity (Wildman–Crippen MR) is 36.8 cm³/mol. The lowest BCUT2D eigenvalue weighted by molar-refractivity contribution is -0.353. The van der Waals surface area contributed by atoms with Crippen molar-refractivity contribution in [2.45, 2.75) is 0 Å². The maximum atomic E-state index is 12.6. The van der Waals surface area contributed by atoms with Crippen LogP contribution in [0.15, 0.2) is 18.2 Å². The number of rotatable bonds is 1. The van der Waals surface area contributed by atoms with Crippen molar-refractivity contribution in [2.75, 3.05) is 0 Å². The van der Waals surface area contributed by atoms with E-state index < -0.39 is 17.3 Å². The number of hydrogen-bond donors (Lipinski definition) is 0. The zero-order chi connectivity index (χ0) is 8.43. The van der Waals surface area contributed by atoms with Crippen LogP contribution in [0.2, 0.25) is 0 Å². The molecule has 0 spiro atoms. The number of hydrogen-bond acceptors (Lipinski definition) is 1. The molecule has 0 saturated carbocycles. The summed E-state index contributed by atoms with van der Waals surface area (Å²) in [6.07, 6.45) is 0. The van der Waals surface area contributed by atoms with Crippen molar-refractivity contribution in [3.63, 3.8) is 0 Å². The molecule has 0 N–H and O–H groups in total. The fourth-order valence-corrected chi connectivity index (χ4v) is 0.677. The Kier molecular flexibility index (Phi) is 1.85. The highest BCUT2D eigenvalue weighted by Gasteiger charge is 2.08. The highest BCUT2D eigenvalue weighted by molar-refractivity contribution is 5.35. The summed E-state index contributed by atoms with van der Waals surface area (Å²) in [4.78, 5) is 0. The first-order chi connectivity index (χ1) is 5.11. The molecule has 11 heavy (non-hydrogen) atoms. The van der Waals surface area contributed by atoms with Gasteiger partial charge in [-0.15, -0.1) is 0 Å². The number of halogens is 2. The van der Waals surface area contributed by atoms with Crippen LogP contribution in [0.1, 0.15) is 0 Å². The Hall–Kier alpha value is -1.45. The molecule has 1 rings (SSSR count). The van der Waals surface area contributed by atoms with E-state index in [1.54, 1.807) is 0 Å². The zero-order valence-corrected chi connectivity index (χ0v) is 5.55. The molecule has 2 nitrogen and oxygen atoms in total. The van der Waals surface area contributed by atoms with Crippen molar-refractivity contribution < 1.29 is 13.5 Å². The third-order valence-electron chi connectivity index (χ3n) is 1.18. The average Bonchev–Trinajstić information content (AvgIpc) is 1.94. The van der Waals surface area contributed by atoms with E-state index in [1.807, 2.05) is 0 Å². The maximum Gasteiger partial charge on any atom is 0.254 e. The molecule has 0 atom stereocenters. The molecule has 0 fully saturated rings. The van der Waals surface area contributed by atoms with Gasteiger partial charge in [-0.3, -0.25) is 0 Å². The molecule has 0 aromatic heterocycles. The summed E-state index contributed by atoms with van der Waals surface area (Å²) < 4.78 is 24.9. The molecule has 0 saturated heterocycles. The molecule has 0 aliphatic rings. The van der Waals surface area contributed by atoms with Gasteiger partial charge in [-0.1, -0.05) is 0 Å². The summed E-state index contributed by atoms with van der Waals surface area (Å²) in [5.74, 6) is -1.44. The maximum absolute atomic E-state index is 12.6. The highest BCUT2D eigenvalue weighted by Crippen LogP contribution is 2.16. The normalized spacial score (nSPS) is 9.64. The van der Waals surface area contributed by atoms with E-state index in [2.05, 4.69) is 6.72 Å². The molecule has 0 aliphatic carbocycles. The monoisotopic (exact) mass is 157 g/mol. The Morgan fingerprint density at radius 2 is 2.00 bits per heavy atom. The molecule has 1 aromatic rings. The van der Waals surface area contributed by atoms with Gasteiger partial charge in [-0.25, -0.2) is 4.39 Å². The van der Waals surface area contributed by atoms with E-state index in [9.17, 15) is 14.0 Å². The van der Waals surface area contributed by atoms with E-state index in [-0.39, 0.29) is 4.74 Å². The van der Waals surface area contributed by atoms with Crippen LogP contribution in [0, 0.1) is 16.8 Å². The zero-order valence-electron chi connectivity index (χ0n) is 5.55. The van der Waals surface area contributed by atoms with Crippen LogP contribution in [0.3, 0.4) is 0 Å². The molecule has 0 unspecified atom stereocenters. The predicted octanol–water partition coefficient (Wildman–Crippen LogP) is 1.81. The van der Waals surface area contributed by atoms with Crippen molar-refractivity contribution in [2.24, 2.45) is 0 Å². The molecule has 0 bridgehead atoms. The van der Waals surface area contributed by atoms with E-state index in [1.165, 1.54) is 0 Å². The first kappa shape index (κ1) is 7.65. The number of benzene rings is 1. The second-order valence-electron chi connectivity index (χ2n) is 1.97. The summed E-state index contributed by atoms with van der Waals surface area (Å²) in [6, 6.07) is 2.60. The third-order valence-corrected chi connectivity index (χ3v) is 1.18. The fourth-order valence-electron chi connectivity index (χ4n) is 0.677. The van der Waals surface area contributed by atoms with Crippen molar-refractivity contribution in [1.82, 2.24) is 0 Å². The molecule has 0 heterocycles. The minimum absolute atomic E-state index is 0.0262. The second-order valence-corrected chi connectivity index (χ2v) is 1.97. The average molecular weight is 157 g/mol. The quantitative estimate of drug-likeness (QED) is 0.264. The van der Waals surface area contributed by atoms with Crippen LogP contribution in [-0.4, -0.2) is 11.5 Å². The van der Waals surface area contributed by atoms with Crippen LogP contribution >= 0.6 is 0 Å². The van der Waals surface area contributed by atoms with Gasteiger partial charge in [0.2, 0.25) is 0 Å². The summed E-state index contributed by atoms with van der Waals surface area (Å²) >= 11 is 0. The van der Waals surface area contributed by atoms with Gasteiger partial charge in [0.05, 0.1) is 6.07 Å². The van der Waals surface area contributed by atoms with Gasteiger partial charge in [-0.05, 0) is 12.1 Å². The molecule has 58 valence electrons. The van der Waals surface area contributed by atoms with Gasteiger partial charge in [-0.2, -0.15) is 9.13 Å². The smallest absolute Gasteiger partial charge is 0.254 e. The van der Waals surface area contributed by atoms with Crippen LogP contribution in [0.4, 0.5) is 14.5 Å². The first-order valence-electron chi connectivity index (χ1n) is 2.84. The molecule has 0 aliphatic heterocycles. The van der Waals surface area contributed by atoms with Crippen LogP contribution in [0.25, 0.3) is 0 Å². The Morgan fingerprint density at radius 1 is 1.36 bits per heavy atom. The van der Waals surface area contributed by atoms with E-state index in [0.29, 0.717) is 0 Å². The van der Waals surface area contributed by atoms with E-state index >= 15 is 0 Å². The number of nitrogens with zero attached hydrogens (tertiary/aromatic N) is 1. The summed E-state index contributed by atoms with van der Waals surface area (Å²) in [6.45, 7) is 2.88. The fraction of sp³-hybridized carbons (Fsp3) is 0. The molecular formula is C7H5F2NO. The van der Waals surface area contributed by atoms with Crippen molar-refractivity contribution in [3.8, 4) is 0 Å². The molecule has 1 aromatic carbocycles. The molecule has 0 amide bonds. The largest absolute Gasteiger partial charge is 0.619 e. The minimum atomic E-state index is -0.781. The lowest BCUT2D eigenvalue weighted by Gasteiger charge is -2.00. The second kappa shape index (κ2) is 2.65. The first-order valence-corrected chi connectivity index (χ1v) is 2.84. The van der Waals surface area contributed by atoms with Gasteiger partial charge < -0.3 is 5.21 Å². The molecule has 0 radical (unpaired) electrons. The lowest BCUT2D eigenvalue weighted by atomic mass is 10.3.